The van der Waals surface area contributed by atoms with E-state index in [9.17, 15) is 0 Å². The minimum Gasteiger partial charge on any atom is -0.496 e. The van der Waals surface area contributed by atoms with Crippen LogP contribution >= 0.6 is 0 Å². The molecule has 0 aliphatic carbocycles. The Morgan fingerprint density at radius 2 is 1.18 bits per heavy atom. The molecule has 3 heteroatoms. The highest BCUT2D eigenvalue weighted by atomic mass is 16.5. The van der Waals surface area contributed by atoms with Gasteiger partial charge in [-0.25, -0.2) is 0 Å². The van der Waals surface area contributed by atoms with Gasteiger partial charge >= 0.3 is 0 Å². The maximum atomic E-state index is 5.46. The Bertz CT molecular complexity index is 547. The fraction of sp³-hybridized carbons (Fsp3) is 0.286. The van der Waals surface area contributed by atoms with E-state index in [1.165, 1.54) is 0 Å². The second-order valence-electron chi connectivity index (χ2n) is 3.77. The minimum atomic E-state index is 0.725. The lowest BCUT2D eigenvalue weighted by Gasteiger charge is -2.17. The van der Waals surface area contributed by atoms with Crippen molar-refractivity contribution in [3.63, 3.8) is 0 Å². The quantitative estimate of drug-likeness (QED) is 0.813. The van der Waals surface area contributed by atoms with Gasteiger partial charge in [0.2, 0.25) is 0 Å². The number of rotatable bonds is 3. The first-order chi connectivity index (χ1) is 8.24. The average Bonchev–Trinajstić information content (AvgIpc) is 2.37. The molecule has 0 heterocycles. The van der Waals surface area contributed by atoms with Crippen molar-refractivity contribution in [1.29, 1.82) is 0 Å². The lowest BCUT2D eigenvalue weighted by molar-refractivity contribution is 0.350. The maximum absolute atomic E-state index is 5.46. The molecule has 3 nitrogen and oxygen atoms in total. The minimum absolute atomic E-state index is 0.725. The van der Waals surface area contributed by atoms with E-state index in [0.29, 0.717) is 0 Å². The smallest absolute Gasteiger partial charge is 0.169 e. The van der Waals surface area contributed by atoms with Crippen molar-refractivity contribution in [2.45, 2.75) is 6.92 Å². The van der Waals surface area contributed by atoms with Crippen molar-refractivity contribution in [3.05, 3.63) is 29.8 Å². The highest BCUT2D eigenvalue weighted by molar-refractivity contribution is 5.97. The third kappa shape index (κ3) is 1.68. The van der Waals surface area contributed by atoms with Gasteiger partial charge in [0.05, 0.1) is 21.3 Å². The molecule has 0 atom stereocenters. The van der Waals surface area contributed by atoms with E-state index in [4.69, 9.17) is 14.2 Å². The summed E-state index contributed by atoms with van der Waals surface area (Å²) < 4.78 is 16.3. The van der Waals surface area contributed by atoms with Crippen molar-refractivity contribution in [2.75, 3.05) is 21.3 Å². The van der Waals surface area contributed by atoms with Crippen LogP contribution in [0.4, 0.5) is 0 Å². The van der Waals surface area contributed by atoms with Gasteiger partial charge in [-0.05, 0) is 6.92 Å². The lowest BCUT2D eigenvalue weighted by Crippen LogP contribution is -1.98. The number of ether oxygens (including phenoxy) is 3. The molecule has 0 radical (unpaired) electrons. The summed E-state index contributed by atoms with van der Waals surface area (Å²) in [5.74, 6) is 2.31. The van der Waals surface area contributed by atoms with Crippen LogP contribution in [0, 0.1) is 6.92 Å². The second kappa shape index (κ2) is 4.53. The number of hydrogen-bond acceptors (Lipinski definition) is 3. The number of methoxy groups -OCH3 is 3. The van der Waals surface area contributed by atoms with Crippen molar-refractivity contribution in [1.82, 2.24) is 0 Å². The van der Waals surface area contributed by atoms with E-state index in [-0.39, 0.29) is 0 Å². The van der Waals surface area contributed by atoms with Gasteiger partial charge < -0.3 is 14.2 Å². The van der Waals surface area contributed by atoms with Gasteiger partial charge in [-0.15, -0.1) is 0 Å². The van der Waals surface area contributed by atoms with Crippen LogP contribution in [0.2, 0.25) is 0 Å². The molecule has 2 aromatic carbocycles. The molecular formula is C14H16O3. The molecule has 17 heavy (non-hydrogen) atoms. The van der Waals surface area contributed by atoms with Gasteiger partial charge in [0.15, 0.2) is 11.5 Å². The summed E-state index contributed by atoms with van der Waals surface area (Å²) in [6.45, 7) is 1.96. The topological polar surface area (TPSA) is 27.7 Å². The Kier molecular flexibility index (Phi) is 3.09. The van der Waals surface area contributed by atoms with Crippen LogP contribution in [-0.2, 0) is 0 Å². The van der Waals surface area contributed by atoms with Crippen LogP contribution < -0.4 is 14.2 Å². The molecule has 0 amide bonds. The van der Waals surface area contributed by atoms with Gasteiger partial charge in [0.25, 0.3) is 0 Å². The molecule has 2 rings (SSSR count). The summed E-state index contributed by atoms with van der Waals surface area (Å²) in [5.41, 5.74) is 0.950. The standard InChI is InChI=1S/C14H16O3/c1-9-12(15-2)10-7-5-6-8-11(10)14(17-4)13(9)16-3/h5-8H,1-4H3. The highest BCUT2D eigenvalue weighted by Gasteiger charge is 2.18. The zero-order chi connectivity index (χ0) is 12.4. The summed E-state index contributed by atoms with van der Waals surface area (Å²) in [4.78, 5) is 0. The molecule has 2 aromatic rings. The second-order valence-corrected chi connectivity index (χ2v) is 3.77. The molecule has 0 bridgehead atoms. The van der Waals surface area contributed by atoms with Gasteiger partial charge in [-0.1, -0.05) is 24.3 Å². The third-order valence-corrected chi connectivity index (χ3v) is 2.92. The molecule has 0 saturated carbocycles. The molecule has 0 fully saturated rings. The summed E-state index contributed by atoms with van der Waals surface area (Å²) in [6.07, 6.45) is 0. The van der Waals surface area contributed by atoms with Crippen molar-refractivity contribution < 1.29 is 14.2 Å². The monoisotopic (exact) mass is 232 g/mol. The Morgan fingerprint density at radius 1 is 0.706 bits per heavy atom. The van der Waals surface area contributed by atoms with Crippen molar-refractivity contribution in [2.24, 2.45) is 0 Å². The van der Waals surface area contributed by atoms with E-state index < -0.39 is 0 Å². The highest BCUT2D eigenvalue weighted by Crippen LogP contribution is 2.44. The molecule has 0 aliphatic rings. The first-order valence-electron chi connectivity index (χ1n) is 5.41. The zero-order valence-electron chi connectivity index (χ0n) is 10.5. The summed E-state index contributed by atoms with van der Waals surface area (Å²) in [6, 6.07) is 7.97. The molecular weight excluding hydrogens is 216 g/mol. The Morgan fingerprint density at radius 3 is 1.65 bits per heavy atom. The van der Waals surface area contributed by atoms with Crippen LogP contribution in [-0.4, -0.2) is 21.3 Å². The number of benzene rings is 2. The van der Waals surface area contributed by atoms with Crippen molar-refractivity contribution in [3.8, 4) is 17.2 Å². The SMILES string of the molecule is COc1c(C)c(OC)c2ccccc2c1OC. The lowest BCUT2D eigenvalue weighted by atomic mass is 10.0. The fourth-order valence-electron chi connectivity index (χ4n) is 2.19. The normalized spacial score (nSPS) is 10.4. The first-order valence-corrected chi connectivity index (χ1v) is 5.41. The van der Waals surface area contributed by atoms with E-state index in [1.54, 1.807) is 21.3 Å². The summed E-state index contributed by atoms with van der Waals surface area (Å²) in [5, 5.41) is 2.03. The van der Waals surface area contributed by atoms with Crippen LogP contribution in [0.25, 0.3) is 10.8 Å². The van der Waals surface area contributed by atoms with E-state index in [0.717, 1.165) is 33.6 Å². The molecule has 0 spiro atoms. The molecule has 90 valence electrons. The third-order valence-electron chi connectivity index (χ3n) is 2.92. The number of fused-ring (bicyclic) bond motifs is 1. The van der Waals surface area contributed by atoms with Gasteiger partial charge in [0, 0.05) is 16.3 Å². The molecule has 0 aromatic heterocycles. The Labute approximate surface area is 101 Å². The van der Waals surface area contributed by atoms with E-state index >= 15 is 0 Å². The molecule has 0 unspecified atom stereocenters. The fourth-order valence-corrected chi connectivity index (χ4v) is 2.19. The van der Waals surface area contributed by atoms with Crippen LogP contribution in [0.5, 0.6) is 17.2 Å². The van der Waals surface area contributed by atoms with E-state index in [2.05, 4.69) is 0 Å². The summed E-state index contributed by atoms with van der Waals surface area (Å²) >= 11 is 0. The predicted molar refractivity (Wildman–Crippen MR) is 68.3 cm³/mol. The van der Waals surface area contributed by atoms with Gasteiger partial charge in [0.1, 0.15) is 5.75 Å². The average molecular weight is 232 g/mol. The zero-order valence-corrected chi connectivity index (χ0v) is 10.5. The maximum Gasteiger partial charge on any atom is 0.169 e. The largest absolute Gasteiger partial charge is 0.496 e. The van der Waals surface area contributed by atoms with Crippen molar-refractivity contribution >= 4 is 10.8 Å². The number of hydrogen-bond donors (Lipinski definition) is 0. The van der Waals surface area contributed by atoms with Crippen LogP contribution in [0.3, 0.4) is 0 Å². The predicted octanol–water partition coefficient (Wildman–Crippen LogP) is 3.17. The van der Waals surface area contributed by atoms with Crippen LogP contribution in [0.1, 0.15) is 5.56 Å². The Hall–Kier alpha value is -1.90. The summed E-state index contributed by atoms with van der Waals surface area (Å²) in [7, 11) is 4.95. The van der Waals surface area contributed by atoms with Crippen LogP contribution in [0.15, 0.2) is 24.3 Å². The van der Waals surface area contributed by atoms with Gasteiger partial charge in [-0.3, -0.25) is 0 Å². The Balaban J connectivity index is 2.93. The molecule has 0 saturated heterocycles. The molecule has 0 N–H and O–H groups in total. The first kappa shape index (κ1) is 11.6. The molecule has 0 aliphatic heterocycles. The van der Waals surface area contributed by atoms with E-state index in [1.807, 2.05) is 31.2 Å². The van der Waals surface area contributed by atoms with Gasteiger partial charge in [-0.2, -0.15) is 0 Å².